The van der Waals surface area contributed by atoms with Crippen LogP contribution in [0.4, 0.5) is 0 Å². The van der Waals surface area contributed by atoms with Crippen LogP contribution in [0.15, 0.2) is 72.8 Å². The molecule has 1 aromatic heterocycles. The Morgan fingerprint density at radius 2 is 1.50 bits per heavy atom. The molecule has 0 bridgehead atoms. The smallest absolute Gasteiger partial charge is 0.273 e. The highest BCUT2D eigenvalue weighted by atomic mass is 16.5. The molecule has 0 radical (unpaired) electrons. The van der Waals surface area contributed by atoms with Crippen LogP contribution in [-0.4, -0.2) is 41.8 Å². The van der Waals surface area contributed by atoms with Gasteiger partial charge in [0.05, 0.1) is 26.0 Å². The molecule has 172 valence electrons. The molecule has 1 aliphatic rings. The molecule has 1 N–H and O–H groups in total. The number of ether oxygens (including phenoxy) is 2. The van der Waals surface area contributed by atoms with Crippen molar-refractivity contribution in [2.24, 2.45) is 0 Å². The van der Waals surface area contributed by atoms with Crippen molar-refractivity contribution < 1.29 is 14.3 Å². The Hall–Kier alpha value is -4.06. The van der Waals surface area contributed by atoms with Gasteiger partial charge in [0.1, 0.15) is 17.2 Å². The number of methoxy groups -OCH3 is 2. The number of nitrogens with one attached hydrogen (secondary N) is 1. The average molecular weight is 454 g/mol. The number of aryl methyl sites for hydroxylation is 1. The van der Waals surface area contributed by atoms with Crippen LogP contribution in [0.1, 0.15) is 38.8 Å². The predicted octanol–water partition coefficient (Wildman–Crippen LogP) is 5.19. The summed E-state index contributed by atoms with van der Waals surface area (Å²) < 4.78 is 10.6. The van der Waals surface area contributed by atoms with Gasteiger partial charge in [-0.05, 0) is 60.9 Å². The second-order valence-corrected chi connectivity index (χ2v) is 8.50. The predicted molar refractivity (Wildman–Crippen MR) is 131 cm³/mol. The van der Waals surface area contributed by atoms with E-state index in [-0.39, 0.29) is 11.9 Å². The molecule has 0 fully saturated rings. The number of hydrogen-bond donors (Lipinski definition) is 1. The quantitative estimate of drug-likeness (QED) is 0.418. The minimum absolute atomic E-state index is 0.0265. The van der Waals surface area contributed by atoms with Gasteiger partial charge in [0.25, 0.3) is 5.91 Å². The van der Waals surface area contributed by atoms with Gasteiger partial charge >= 0.3 is 0 Å². The van der Waals surface area contributed by atoms with Crippen molar-refractivity contribution in [1.82, 2.24) is 15.1 Å². The third-order valence-corrected chi connectivity index (χ3v) is 6.42. The highest BCUT2D eigenvalue weighted by molar-refractivity contribution is 6.00. The first-order chi connectivity index (χ1) is 16.6. The molecule has 5 rings (SSSR count). The van der Waals surface area contributed by atoms with Crippen molar-refractivity contribution in [2.45, 2.75) is 19.4 Å². The average Bonchev–Trinajstić information content (AvgIpc) is 3.42. The summed E-state index contributed by atoms with van der Waals surface area (Å²) in [5.74, 6) is 1.58. The number of H-pyrrole nitrogens is 1. The van der Waals surface area contributed by atoms with E-state index >= 15 is 0 Å². The second kappa shape index (κ2) is 9.06. The zero-order chi connectivity index (χ0) is 23.7. The number of amides is 1. The van der Waals surface area contributed by atoms with Crippen LogP contribution in [0.3, 0.4) is 0 Å². The monoisotopic (exact) mass is 453 g/mol. The van der Waals surface area contributed by atoms with E-state index in [2.05, 4.69) is 41.4 Å². The molecule has 1 aliphatic heterocycles. The minimum atomic E-state index is -0.211. The molecule has 34 heavy (non-hydrogen) atoms. The molecule has 4 aromatic rings. The van der Waals surface area contributed by atoms with Crippen molar-refractivity contribution in [2.75, 3.05) is 20.8 Å². The van der Waals surface area contributed by atoms with Gasteiger partial charge in [-0.25, -0.2) is 0 Å². The summed E-state index contributed by atoms with van der Waals surface area (Å²) in [7, 11) is 3.31. The zero-order valence-electron chi connectivity index (χ0n) is 19.5. The summed E-state index contributed by atoms with van der Waals surface area (Å²) in [6.07, 6.45) is 0.744. The Labute approximate surface area is 199 Å². The van der Waals surface area contributed by atoms with Gasteiger partial charge in [-0.1, -0.05) is 42.0 Å². The Bertz CT molecular complexity index is 1290. The molecule has 0 saturated heterocycles. The van der Waals surface area contributed by atoms with E-state index in [9.17, 15) is 4.79 Å². The van der Waals surface area contributed by atoms with Crippen molar-refractivity contribution >= 4 is 5.91 Å². The molecule has 1 unspecified atom stereocenters. The van der Waals surface area contributed by atoms with Crippen LogP contribution in [0, 0.1) is 6.92 Å². The lowest BCUT2D eigenvalue weighted by molar-refractivity contribution is 0.0746. The van der Waals surface area contributed by atoms with Gasteiger partial charge < -0.3 is 14.4 Å². The number of hydrogen-bond acceptors (Lipinski definition) is 4. The second-order valence-electron chi connectivity index (χ2n) is 8.50. The summed E-state index contributed by atoms with van der Waals surface area (Å²) in [6, 6.07) is 24.0. The molecule has 1 atom stereocenters. The van der Waals surface area contributed by atoms with Gasteiger partial charge in [0, 0.05) is 17.7 Å². The number of rotatable bonds is 7. The number of carbonyl (C=O) groups excluding carboxylic acids is 1. The first-order valence-electron chi connectivity index (χ1n) is 11.3. The van der Waals surface area contributed by atoms with Crippen molar-refractivity contribution in [3.8, 4) is 22.8 Å². The molecule has 0 aliphatic carbocycles. The van der Waals surface area contributed by atoms with Gasteiger partial charge in [-0.15, -0.1) is 0 Å². The molecule has 1 amide bonds. The number of fused-ring (bicyclic) bond motifs is 1. The van der Waals surface area contributed by atoms with E-state index in [0.29, 0.717) is 12.2 Å². The molecule has 6 heteroatoms. The summed E-state index contributed by atoms with van der Waals surface area (Å²) in [6.45, 7) is 2.66. The Morgan fingerprint density at radius 1 is 0.882 bits per heavy atom. The van der Waals surface area contributed by atoms with Gasteiger partial charge in [0.2, 0.25) is 0 Å². The van der Waals surface area contributed by atoms with Crippen LogP contribution in [-0.2, 0) is 6.42 Å². The highest BCUT2D eigenvalue weighted by Gasteiger charge is 2.41. The van der Waals surface area contributed by atoms with Gasteiger partial charge in [0.15, 0.2) is 0 Å². The number of aromatic amines is 1. The topological polar surface area (TPSA) is 67.5 Å². The summed E-state index contributed by atoms with van der Waals surface area (Å²) in [4.78, 5) is 15.5. The van der Waals surface area contributed by atoms with Crippen molar-refractivity contribution in [1.29, 1.82) is 0 Å². The Kier molecular flexibility index (Phi) is 5.80. The van der Waals surface area contributed by atoms with E-state index in [1.807, 2.05) is 53.4 Å². The van der Waals surface area contributed by atoms with Crippen LogP contribution in [0.25, 0.3) is 11.3 Å². The van der Waals surface area contributed by atoms with E-state index in [1.165, 1.54) is 5.56 Å². The summed E-state index contributed by atoms with van der Waals surface area (Å²) in [5, 5.41) is 7.58. The van der Waals surface area contributed by atoms with E-state index in [1.54, 1.807) is 14.2 Å². The van der Waals surface area contributed by atoms with Crippen molar-refractivity contribution in [3.63, 3.8) is 0 Å². The minimum Gasteiger partial charge on any atom is -0.497 e. The van der Waals surface area contributed by atoms with E-state index in [0.717, 1.165) is 45.9 Å². The van der Waals surface area contributed by atoms with Gasteiger partial charge in [-0.2, -0.15) is 5.10 Å². The maximum Gasteiger partial charge on any atom is 0.273 e. The highest BCUT2D eigenvalue weighted by Crippen LogP contribution is 2.43. The van der Waals surface area contributed by atoms with Gasteiger partial charge in [-0.3, -0.25) is 9.89 Å². The fourth-order valence-electron chi connectivity index (χ4n) is 4.53. The lowest BCUT2D eigenvalue weighted by atomic mass is 9.95. The third-order valence-electron chi connectivity index (χ3n) is 6.42. The van der Waals surface area contributed by atoms with E-state index < -0.39 is 0 Å². The normalized spacial score (nSPS) is 14.9. The lowest BCUT2D eigenvalue weighted by Gasteiger charge is -2.26. The fraction of sp³-hybridized carbons (Fsp3) is 0.214. The summed E-state index contributed by atoms with van der Waals surface area (Å²) >= 11 is 0. The SMILES string of the molecule is COc1ccc(CCN2C(=O)c3[nH]nc(-c4ccc(OC)cc4)c3C2c2ccc(C)cc2)cc1. The molecule has 3 aromatic carbocycles. The van der Waals surface area contributed by atoms with Crippen LogP contribution < -0.4 is 9.47 Å². The Morgan fingerprint density at radius 3 is 2.12 bits per heavy atom. The van der Waals surface area contributed by atoms with Crippen molar-refractivity contribution in [3.05, 3.63) is 101 Å². The Balaban J connectivity index is 1.52. The third kappa shape index (κ3) is 3.92. The number of aromatic nitrogens is 2. The lowest BCUT2D eigenvalue weighted by Crippen LogP contribution is -2.31. The maximum atomic E-state index is 13.5. The molecule has 2 heterocycles. The summed E-state index contributed by atoms with van der Waals surface area (Å²) in [5.41, 5.74) is 6.63. The fourth-order valence-corrected chi connectivity index (χ4v) is 4.53. The largest absolute Gasteiger partial charge is 0.497 e. The molecule has 6 nitrogen and oxygen atoms in total. The van der Waals surface area contributed by atoms with E-state index in [4.69, 9.17) is 9.47 Å². The number of carbonyl (C=O) groups is 1. The molecular weight excluding hydrogens is 426 g/mol. The van der Waals surface area contributed by atoms with Crippen LogP contribution in [0.5, 0.6) is 11.5 Å². The maximum absolute atomic E-state index is 13.5. The molecule has 0 saturated carbocycles. The van der Waals surface area contributed by atoms with Crippen LogP contribution >= 0.6 is 0 Å². The first-order valence-corrected chi connectivity index (χ1v) is 11.3. The zero-order valence-corrected chi connectivity index (χ0v) is 19.5. The number of benzene rings is 3. The standard InChI is InChI=1S/C28H27N3O3/c1-18-4-8-21(9-5-18)27-24-25(20-10-14-23(34-3)15-11-20)29-30-26(24)28(32)31(27)17-16-19-6-12-22(33-2)13-7-19/h4-15,27H,16-17H2,1-3H3,(H,29,30). The molecular formula is C28H27N3O3. The van der Waals surface area contributed by atoms with Crippen LogP contribution in [0.2, 0.25) is 0 Å². The molecule has 0 spiro atoms. The number of nitrogens with zero attached hydrogens (tertiary/aromatic N) is 2. The first kappa shape index (κ1) is 21.8.